The third kappa shape index (κ3) is 4.95. The van der Waals surface area contributed by atoms with Gasteiger partial charge in [-0.1, -0.05) is 23.2 Å². The van der Waals surface area contributed by atoms with Crippen LogP contribution in [0.5, 0.6) is 0 Å². The summed E-state index contributed by atoms with van der Waals surface area (Å²) in [5, 5.41) is 25.9. The van der Waals surface area contributed by atoms with Crippen LogP contribution in [-0.4, -0.2) is 66.7 Å². The van der Waals surface area contributed by atoms with E-state index in [4.69, 9.17) is 4.52 Å². The van der Waals surface area contributed by atoms with Gasteiger partial charge in [0.15, 0.2) is 5.69 Å². The molecule has 1 aliphatic carbocycles. The van der Waals surface area contributed by atoms with Gasteiger partial charge in [-0.05, 0) is 39.5 Å². The number of amides is 2. The van der Waals surface area contributed by atoms with E-state index in [1.165, 1.54) is 4.68 Å². The fourth-order valence-electron chi connectivity index (χ4n) is 4.46. The van der Waals surface area contributed by atoms with E-state index in [1.54, 1.807) is 18.0 Å². The fourth-order valence-corrected chi connectivity index (χ4v) is 4.46. The molecule has 1 aliphatic heterocycles. The Labute approximate surface area is 181 Å². The number of nitrogens with zero attached hydrogens (tertiary/aromatic N) is 5. The van der Waals surface area contributed by atoms with E-state index in [0.29, 0.717) is 31.7 Å². The second kappa shape index (κ2) is 8.78. The Balaban J connectivity index is 1.29. The first-order chi connectivity index (χ1) is 14.8. The Morgan fingerprint density at radius 1 is 1.26 bits per heavy atom. The quantitative estimate of drug-likeness (QED) is 0.704. The number of hydrogen-bond acceptors (Lipinski definition) is 7. The standard InChI is InChI=1S/C21H30N6O4/c1-14-17(15(2)31-24-14)11-19(28)26-9-7-21(30,8-10-26)13-27-12-18(23-25-27)20(29)22-16-5-3-4-6-16/h12,16,30H,3-11,13H2,1-2H3,(H,22,29). The molecule has 0 unspecified atom stereocenters. The van der Waals surface area contributed by atoms with Crippen LogP contribution in [0.2, 0.25) is 0 Å². The zero-order chi connectivity index (χ0) is 22.0. The van der Waals surface area contributed by atoms with Crippen molar-refractivity contribution < 1.29 is 19.2 Å². The molecule has 31 heavy (non-hydrogen) atoms. The molecule has 10 nitrogen and oxygen atoms in total. The summed E-state index contributed by atoms with van der Waals surface area (Å²) in [6, 6.07) is 0.217. The van der Waals surface area contributed by atoms with Gasteiger partial charge in [0.1, 0.15) is 5.76 Å². The number of aryl methyl sites for hydroxylation is 2. The van der Waals surface area contributed by atoms with Crippen LogP contribution in [-0.2, 0) is 17.8 Å². The van der Waals surface area contributed by atoms with Gasteiger partial charge >= 0.3 is 0 Å². The van der Waals surface area contributed by atoms with Gasteiger partial charge in [-0.2, -0.15) is 0 Å². The lowest BCUT2D eigenvalue weighted by atomic mass is 9.91. The Hall–Kier alpha value is -2.75. The predicted molar refractivity (Wildman–Crippen MR) is 110 cm³/mol. The number of rotatable bonds is 6. The predicted octanol–water partition coefficient (Wildman–Crippen LogP) is 1.15. The van der Waals surface area contributed by atoms with E-state index in [0.717, 1.165) is 36.9 Å². The van der Waals surface area contributed by atoms with Crippen molar-refractivity contribution in [1.82, 2.24) is 30.4 Å². The lowest BCUT2D eigenvalue weighted by Crippen LogP contribution is -2.49. The number of piperidine rings is 1. The summed E-state index contributed by atoms with van der Waals surface area (Å²) in [5.41, 5.74) is 0.838. The van der Waals surface area contributed by atoms with Crippen LogP contribution in [0.1, 0.15) is 66.0 Å². The van der Waals surface area contributed by atoms with Crippen LogP contribution in [0.4, 0.5) is 0 Å². The minimum absolute atomic E-state index is 0.00285. The summed E-state index contributed by atoms with van der Waals surface area (Å²) in [4.78, 5) is 26.8. The van der Waals surface area contributed by atoms with Gasteiger partial charge in [0.25, 0.3) is 5.91 Å². The van der Waals surface area contributed by atoms with E-state index in [2.05, 4.69) is 20.8 Å². The highest BCUT2D eigenvalue weighted by Gasteiger charge is 2.35. The Bertz CT molecular complexity index is 918. The topological polar surface area (TPSA) is 126 Å². The van der Waals surface area contributed by atoms with Crippen molar-refractivity contribution in [2.75, 3.05) is 13.1 Å². The highest BCUT2D eigenvalue weighted by Crippen LogP contribution is 2.25. The number of aromatic nitrogens is 4. The van der Waals surface area contributed by atoms with Crippen LogP contribution in [0.25, 0.3) is 0 Å². The Morgan fingerprint density at radius 2 is 1.97 bits per heavy atom. The molecule has 10 heteroatoms. The second-order valence-electron chi connectivity index (χ2n) is 8.84. The molecule has 2 aliphatic rings. The number of carbonyl (C=O) groups excluding carboxylic acids is 2. The van der Waals surface area contributed by atoms with Gasteiger partial charge in [0, 0.05) is 24.7 Å². The largest absolute Gasteiger partial charge is 0.388 e. The molecule has 4 rings (SSSR count). The van der Waals surface area contributed by atoms with Crippen molar-refractivity contribution in [3.63, 3.8) is 0 Å². The summed E-state index contributed by atoms with van der Waals surface area (Å²) in [6.45, 7) is 4.79. The average molecular weight is 431 g/mol. The second-order valence-corrected chi connectivity index (χ2v) is 8.84. The molecule has 1 saturated heterocycles. The molecule has 0 radical (unpaired) electrons. The Kier molecular flexibility index (Phi) is 6.08. The maximum Gasteiger partial charge on any atom is 0.273 e. The number of nitrogens with one attached hydrogen (secondary N) is 1. The molecular weight excluding hydrogens is 400 g/mol. The maximum absolute atomic E-state index is 12.7. The zero-order valence-electron chi connectivity index (χ0n) is 18.1. The van der Waals surface area contributed by atoms with E-state index in [-0.39, 0.29) is 36.5 Å². The molecule has 1 saturated carbocycles. The van der Waals surface area contributed by atoms with E-state index < -0.39 is 5.60 Å². The third-order valence-corrected chi connectivity index (χ3v) is 6.47. The summed E-state index contributed by atoms with van der Waals surface area (Å²) in [7, 11) is 0. The van der Waals surface area contributed by atoms with Gasteiger partial charge in [-0.25, -0.2) is 4.68 Å². The van der Waals surface area contributed by atoms with Gasteiger partial charge in [-0.3, -0.25) is 9.59 Å². The molecule has 2 amide bonds. The lowest BCUT2D eigenvalue weighted by Gasteiger charge is -2.38. The highest BCUT2D eigenvalue weighted by molar-refractivity contribution is 5.92. The van der Waals surface area contributed by atoms with Crippen molar-refractivity contribution in [1.29, 1.82) is 0 Å². The van der Waals surface area contributed by atoms with Crippen LogP contribution < -0.4 is 5.32 Å². The van der Waals surface area contributed by atoms with Crippen LogP contribution in [0, 0.1) is 13.8 Å². The minimum atomic E-state index is -0.993. The van der Waals surface area contributed by atoms with Gasteiger partial charge in [0.2, 0.25) is 5.91 Å². The molecule has 2 N–H and O–H groups in total. The zero-order valence-corrected chi connectivity index (χ0v) is 18.1. The van der Waals surface area contributed by atoms with Gasteiger partial charge in [-0.15, -0.1) is 5.10 Å². The van der Waals surface area contributed by atoms with Crippen LogP contribution >= 0.6 is 0 Å². The molecule has 168 valence electrons. The molecule has 2 fully saturated rings. The Morgan fingerprint density at radius 3 is 2.61 bits per heavy atom. The molecule has 0 bridgehead atoms. The van der Waals surface area contributed by atoms with Crippen molar-refractivity contribution in [3.05, 3.63) is 28.9 Å². The lowest BCUT2D eigenvalue weighted by molar-refractivity contribution is -0.135. The SMILES string of the molecule is Cc1noc(C)c1CC(=O)N1CCC(O)(Cn2cc(C(=O)NC3CCCC3)nn2)CC1. The summed E-state index contributed by atoms with van der Waals surface area (Å²) in [5.74, 6) is 0.450. The smallest absolute Gasteiger partial charge is 0.273 e. The third-order valence-electron chi connectivity index (χ3n) is 6.47. The molecule has 3 heterocycles. The van der Waals surface area contributed by atoms with Crippen LogP contribution in [0.3, 0.4) is 0 Å². The normalized spacial score (nSPS) is 19.0. The first kappa shape index (κ1) is 21.5. The summed E-state index contributed by atoms with van der Waals surface area (Å²) < 4.78 is 6.65. The van der Waals surface area contributed by atoms with Gasteiger partial charge in [0.05, 0.1) is 30.5 Å². The summed E-state index contributed by atoms with van der Waals surface area (Å²) >= 11 is 0. The first-order valence-corrected chi connectivity index (χ1v) is 11.0. The van der Waals surface area contributed by atoms with Crippen LogP contribution in [0.15, 0.2) is 10.7 Å². The molecule has 2 aromatic heterocycles. The number of carbonyl (C=O) groups is 2. The fraction of sp³-hybridized carbons (Fsp3) is 0.667. The van der Waals surface area contributed by atoms with Crippen molar-refractivity contribution in [3.8, 4) is 0 Å². The first-order valence-electron chi connectivity index (χ1n) is 11.0. The molecule has 0 aromatic carbocycles. The summed E-state index contributed by atoms with van der Waals surface area (Å²) in [6.07, 6.45) is 6.99. The van der Waals surface area contributed by atoms with E-state index >= 15 is 0 Å². The highest BCUT2D eigenvalue weighted by atomic mass is 16.5. The minimum Gasteiger partial charge on any atom is -0.388 e. The average Bonchev–Trinajstić information content (AvgIpc) is 3.47. The molecule has 0 atom stereocenters. The van der Waals surface area contributed by atoms with Gasteiger partial charge < -0.3 is 19.8 Å². The maximum atomic E-state index is 12.7. The monoisotopic (exact) mass is 430 g/mol. The van der Waals surface area contributed by atoms with Crippen molar-refractivity contribution in [2.45, 2.75) is 77.0 Å². The number of likely N-dealkylation sites (tertiary alicyclic amines) is 1. The molecule has 2 aromatic rings. The molecule has 0 spiro atoms. The van der Waals surface area contributed by atoms with Crippen molar-refractivity contribution in [2.24, 2.45) is 0 Å². The van der Waals surface area contributed by atoms with E-state index in [1.807, 2.05) is 6.92 Å². The van der Waals surface area contributed by atoms with Crippen molar-refractivity contribution >= 4 is 11.8 Å². The molecular formula is C21H30N6O4. The van der Waals surface area contributed by atoms with E-state index in [9.17, 15) is 14.7 Å². The number of hydrogen-bond donors (Lipinski definition) is 2. The number of aliphatic hydroxyl groups is 1.